The Kier molecular flexibility index (Phi) is 8.18. The second-order valence-corrected chi connectivity index (χ2v) is 6.73. The van der Waals surface area contributed by atoms with Gasteiger partial charge in [0.2, 0.25) is 0 Å². The SMILES string of the molecule is CCN1CCN(Cc2ccc(CN=C(N)NC(C)COC)cc2)CC1. The Morgan fingerprint density at radius 1 is 1.16 bits per heavy atom. The minimum Gasteiger partial charge on any atom is -0.383 e. The van der Waals surface area contributed by atoms with E-state index in [-0.39, 0.29) is 6.04 Å². The van der Waals surface area contributed by atoms with Crippen LogP contribution in [0.5, 0.6) is 0 Å². The number of methoxy groups -OCH3 is 1. The van der Waals surface area contributed by atoms with Crippen molar-refractivity contribution in [1.82, 2.24) is 15.1 Å². The summed E-state index contributed by atoms with van der Waals surface area (Å²) < 4.78 is 5.08. The molecule has 0 spiro atoms. The van der Waals surface area contributed by atoms with E-state index >= 15 is 0 Å². The van der Waals surface area contributed by atoms with Gasteiger partial charge in [0.25, 0.3) is 0 Å². The molecule has 1 aromatic carbocycles. The number of hydrogen-bond acceptors (Lipinski definition) is 4. The lowest BCUT2D eigenvalue weighted by Gasteiger charge is -2.34. The van der Waals surface area contributed by atoms with Crippen molar-refractivity contribution in [3.8, 4) is 0 Å². The van der Waals surface area contributed by atoms with Crippen LogP contribution in [0.2, 0.25) is 0 Å². The molecule has 6 nitrogen and oxygen atoms in total. The highest BCUT2D eigenvalue weighted by Gasteiger charge is 2.15. The zero-order valence-electron chi connectivity index (χ0n) is 15.9. The van der Waals surface area contributed by atoms with Gasteiger partial charge in [-0.3, -0.25) is 4.90 Å². The lowest BCUT2D eigenvalue weighted by Crippen LogP contribution is -2.45. The Morgan fingerprint density at radius 2 is 1.76 bits per heavy atom. The maximum atomic E-state index is 5.90. The van der Waals surface area contributed by atoms with Gasteiger partial charge < -0.3 is 20.7 Å². The van der Waals surface area contributed by atoms with E-state index in [9.17, 15) is 0 Å². The molecule has 0 bridgehead atoms. The van der Waals surface area contributed by atoms with E-state index < -0.39 is 0 Å². The van der Waals surface area contributed by atoms with Gasteiger partial charge in [-0.2, -0.15) is 0 Å². The molecule has 1 aromatic rings. The van der Waals surface area contributed by atoms with Crippen LogP contribution >= 0.6 is 0 Å². The lowest BCUT2D eigenvalue weighted by atomic mass is 10.1. The van der Waals surface area contributed by atoms with Crippen molar-refractivity contribution in [3.63, 3.8) is 0 Å². The van der Waals surface area contributed by atoms with Crippen LogP contribution in [0.25, 0.3) is 0 Å². The first-order chi connectivity index (χ1) is 12.1. The molecular formula is C19H33N5O. The molecular weight excluding hydrogens is 314 g/mol. The molecule has 1 aliphatic heterocycles. The number of nitrogens with zero attached hydrogens (tertiary/aromatic N) is 3. The third kappa shape index (κ3) is 7.02. The summed E-state index contributed by atoms with van der Waals surface area (Å²) in [5.41, 5.74) is 8.43. The molecule has 1 unspecified atom stereocenters. The van der Waals surface area contributed by atoms with Gasteiger partial charge in [0.05, 0.1) is 13.2 Å². The normalized spacial score (nSPS) is 18.3. The lowest BCUT2D eigenvalue weighted by molar-refractivity contribution is 0.132. The van der Waals surface area contributed by atoms with Crippen molar-refractivity contribution in [2.24, 2.45) is 10.7 Å². The molecule has 1 aliphatic rings. The number of guanidine groups is 1. The second kappa shape index (κ2) is 10.4. The van der Waals surface area contributed by atoms with Gasteiger partial charge in [0.1, 0.15) is 0 Å². The van der Waals surface area contributed by atoms with Crippen LogP contribution in [0.15, 0.2) is 29.3 Å². The predicted octanol–water partition coefficient (Wildman–Crippen LogP) is 1.26. The largest absolute Gasteiger partial charge is 0.383 e. The standard InChI is InChI=1S/C19H33N5O/c1-4-23-9-11-24(12-10-23)14-18-7-5-17(6-8-18)13-21-19(20)22-16(2)15-25-3/h5-8,16H,4,9-15H2,1-3H3,(H3,20,21,22). The zero-order chi connectivity index (χ0) is 18.1. The molecule has 2 rings (SSSR count). The summed E-state index contributed by atoms with van der Waals surface area (Å²) in [6.45, 7) is 12.3. The van der Waals surface area contributed by atoms with Crippen molar-refractivity contribution in [1.29, 1.82) is 0 Å². The summed E-state index contributed by atoms with van der Waals surface area (Å²) in [6.07, 6.45) is 0. The first kappa shape index (κ1) is 19.7. The summed E-state index contributed by atoms with van der Waals surface area (Å²) in [4.78, 5) is 9.42. The third-order valence-corrected chi connectivity index (χ3v) is 4.58. The quantitative estimate of drug-likeness (QED) is 0.547. The number of benzene rings is 1. The first-order valence-electron chi connectivity index (χ1n) is 9.18. The molecule has 0 aliphatic carbocycles. The van der Waals surface area contributed by atoms with Gasteiger partial charge in [-0.15, -0.1) is 0 Å². The van der Waals surface area contributed by atoms with E-state index in [0.29, 0.717) is 19.1 Å². The van der Waals surface area contributed by atoms with Crippen LogP contribution in [-0.2, 0) is 17.8 Å². The van der Waals surface area contributed by atoms with Crippen molar-refractivity contribution in [2.75, 3.05) is 46.4 Å². The molecule has 0 saturated carbocycles. The van der Waals surface area contributed by atoms with Crippen LogP contribution in [-0.4, -0.2) is 68.2 Å². The number of nitrogens with two attached hydrogens (primary N) is 1. The van der Waals surface area contributed by atoms with Crippen LogP contribution in [0.1, 0.15) is 25.0 Å². The minimum atomic E-state index is 0.157. The highest BCUT2D eigenvalue weighted by atomic mass is 16.5. The molecule has 1 fully saturated rings. The molecule has 3 N–H and O–H groups in total. The number of nitrogens with one attached hydrogen (secondary N) is 1. The number of piperazine rings is 1. The van der Waals surface area contributed by atoms with E-state index in [1.165, 1.54) is 24.2 Å². The van der Waals surface area contributed by atoms with Gasteiger partial charge in [0, 0.05) is 45.9 Å². The van der Waals surface area contributed by atoms with Crippen molar-refractivity contribution in [2.45, 2.75) is 33.0 Å². The summed E-state index contributed by atoms with van der Waals surface area (Å²) >= 11 is 0. The molecule has 25 heavy (non-hydrogen) atoms. The van der Waals surface area contributed by atoms with Gasteiger partial charge >= 0.3 is 0 Å². The first-order valence-corrected chi connectivity index (χ1v) is 9.18. The molecule has 0 amide bonds. The van der Waals surface area contributed by atoms with Crippen molar-refractivity contribution < 1.29 is 4.74 Å². The zero-order valence-corrected chi connectivity index (χ0v) is 15.9. The fraction of sp³-hybridized carbons (Fsp3) is 0.632. The highest BCUT2D eigenvalue weighted by Crippen LogP contribution is 2.10. The van der Waals surface area contributed by atoms with E-state index in [1.807, 2.05) is 6.92 Å². The Bertz CT molecular complexity index is 523. The molecule has 1 saturated heterocycles. The predicted molar refractivity (Wildman–Crippen MR) is 104 cm³/mol. The summed E-state index contributed by atoms with van der Waals surface area (Å²) in [7, 11) is 1.68. The molecule has 140 valence electrons. The maximum Gasteiger partial charge on any atom is 0.189 e. The highest BCUT2D eigenvalue weighted by molar-refractivity contribution is 5.78. The topological polar surface area (TPSA) is 66.1 Å². The monoisotopic (exact) mass is 347 g/mol. The van der Waals surface area contributed by atoms with E-state index in [4.69, 9.17) is 10.5 Å². The second-order valence-electron chi connectivity index (χ2n) is 6.73. The van der Waals surface area contributed by atoms with E-state index in [2.05, 4.69) is 51.3 Å². The molecule has 1 heterocycles. The summed E-state index contributed by atoms with van der Waals surface area (Å²) in [6, 6.07) is 8.85. The minimum absolute atomic E-state index is 0.157. The average molecular weight is 348 g/mol. The average Bonchev–Trinajstić information content (AvgIpc) is 2.62. The number of likely N-dealkylation sites (N-methyl/N-ethyl adjacent to an activating group) is 1. The Labute approximate surface area is 152 Å². The number of hydrogen-bond donors (Lipinski definition) is 2. The van der Waals surface area contributed by atoms with E-state index in [0.717, 1.165) is 26.2 Å². The van der Waals surface area contributed by atoms with Crippen LogP contribution < -0.4 is 11.1 Å². The van der Waals surface area contributed by atoms with Crippen molar-refractivity contribution in [3.05, 3.63) is 35.4 Å². The molecule has 1 atom stereocenters. The summed E-state index contributed by atoms with van der Waals surface area (Å²) in [5, 5.41) is 3.12. The van der Waals surface area contributed by atoms with Gasteiger partial charge in [-0.1, -0.05) is 31.2 Å². The van der Waals surface area contributed by atoms with Crippen LogP contribution in [0.3, 0.4) is 0 Å². The van der Waals surface area contributed by atoms with Crippen LogP contribution in [0.4, 0.5) is 0 Å². The third-order valence-electron chi connectivity index (χ3n) is 4.58. The Morgan fingerprint density at radius 3 is 2.36 bits per heavy atom. The van der Waals surface area contributed by atoms with Gasteiger partial charge in [-0.25, -0.2) is 4.99 Å². The van der Waals surface area contributed by atoms with Gasteiger partial charge in [0.15, 0.2) is 5.96 Å². The van der Waals surface area contributed by atoms with Crippen molar-refractivity contribution >= 4 is 5.96 Å². The fourth-order valence-corrected chi connectivity index (χ4v) is 3.04. The number of aliphatic imine (C=N–C) groups is 1. The molecule has 0 radical (unpaired) electrons. The maximum absolute atomic E-state index is 5.90. The fourth-order valence-electron chi connectivity index (χ4n) is 3.04. The summed E-state index contributed by atoms with van der Waals surface area (Å²) in [5.74, 6) is 0.461. The van der Waals surface area contributed by atoms with E-state index in [1.54, 1.807) is 7.11 Å². The number of rotatable bonds is 8. The Hall–Kier alpha value is -1.63. The smallest absolute Gasteiger partial charge is 0.189 e. The van der Waals surface area contributed by atoms with Gasteiger partial charge in [-0.05, 0) is 24.6 Å². The molecule has 0 aromatic heterocycles. The number of ether oxygens (including phenoxy) is 1. The molecule has 6 heteroatoms. The Balaban J connectivity index is 1.78. The van der Waals surface area contributed by atoms with Crippen LogP contribution in [0, 0.1) is 0 Å².